The molecule has 3 rings (SSSR count). The second-order valence-electron chi connectivity index (χ2n) is 6.63. The van der Waals surface area contributed by atoms with Gasteiger partial charge in [0.15, 0.2) is 5.96 Å². The summed E-state index contributed by atoms with van der Waals surface area (Å²) < 4.78 is 13.3. The first kappa shape index (κ1) is 20.0. The molecule has 0 spiro atoms. The number of nitrogens with one attached hydrogen (secondary N) is 2. The minimum Gasteiger partial charge on any atom is -0.357 e. The van der Waals surface area contributed by atoms with Crippen LogP contribution in [-0.4, -0.2) is 66.6 Å². The highest BCUT2D eigenvalue weighted by atomic mass is 19.1. The third kappa shape index (κ3) is 6.16. The summed E-state index contributed by atoms with van der Waals surface area (Å²) in [4.78, 5) is 17.8. The average Bonchev–Trinajstić information content (AvgIpc) is 2.73. The Bertz CT molecular complexity index is 745. The van der Waals surface area contributed by atoms with Gasteiger partial charge in [0.1, 0.15) is 5.82 Å². The maximum atomic E-state index is 13.3. The number of hydrogen-bond acceptors (Lipinski definition) is 5. The molecule has 150 valence electrons. The highest BCUT2D eigenvalue weighted by Crippen LogP contribution is 2.09. The zero-order chi connectivity index (χ0) is 19.6. The summed E-state index contributed by atoms with van der Waals surface area (Å²) >= 11 is 0. The third-order valence-corrected chi connectivity index (χ3v) is 4.58. The van der Waals surface area contributed by atoms with E-state index in [0.29, 0.717) is 6.54 Å². The number of rotatable bonds is 7. The van der Waals surface area contributed by atoms with Crippen LogP contribution in [0.1, 0.15) is 12.5 Å². The van der Waals surface area contributed by atoms with Crippen LogP contribution < -0.4 is 15.5 Å². The SMILES string of the molecule is CCNC(=NCc1cccc(F)c1)NCCN1CCN(c2ncccn2)CC1. The first-order valence-corrected chi connectivity index (χ1v) is 9.75. The summed E-state index contributed by atoms with van der Waals surface area (Å²) in [6.45, 7) is 8.83. The topological polar surface area (TPSA) is 68.7 Å². The monoisotopic (exact) mass is 385 g/mol. The standard InChI is InChI=1S/C20H28FN7/c1-2-22-19(26-16-17-5-3-6-18(21)15-17)23-9-10-27-11-13-28(14-12-27)20-24-7-4-8-25-20/h3-8,15H,2,9-14,16H2,1H3,(H2,22,23,26). The Morgan fingerprint density at radius 2 is 1.89 bits per heavy atom. The molecule has 1 fully saturated rings. The van der Waals surface area contributed by atoms with E-state index in [1.54, 1.807) is 18.5 Å². The van der Waals surface area contributed by atoms with E-state index in [2.05, 4.69) is 35.4 Å². The van der Waals surface area contributed by atoms with Gasteiger partial charge in [-0.2, -0.15) is 0 Å². The lowest BCUT2D eigenvalue weighted by atomic mass is 10.2. The number of nitrogens with zero attached hydrogens (tertiary/aromatic N) is 5. The number of hydrogen-bond donors (Lipinski definition) is 2. The first-order chi connectivity index (χ1) is 13.7. The Kier molecular flexibility index (Phi) is 7.54. The average molecular weight is 385 g/mol. The second-order valence-corrected chi connectivity index (χ2v) is 6.63. The van der Waals surface area contributed by atoms with Crippen LogP contribution in [0.2, 0.25) is 0 Å². The van der Waals surface area contributed by atoms with E-state index >= 15 is 0 Å². The lowest BCUT2D eigenvalue weighted by molar-refractivity contribution is 0.260. The fourth-order valence-corrected chi connectivity index (χ4v) is 3.11. The number of guanidine groups is 1. The quantitative estimate of drug-likeness (QED) is 0.556. The molecule has 0 radical (unpaired) electrons. The third-order valence-electron chi connectivity index (χ3n) is 4.58. The molecule has 2 heterocycles. The fraction of sp³-hybridized carbons (Fsp3) is 0.450. The van der Waals surface area contributed by atoms with Crippen molar-refractivity contribution in [1.29, 1.82) is 0 Å². The zero-order valence-corrected chi connectivity index (χ0v) is 16.3. The summed E-state index contributed by atoms with van der Waals surface area (Å²) in [7, 11) is 0. The van der Waals surface area contributed by atoms with Crippen molar-refractivity contribution in [3.63, 3.8) is 0 Å². The highest BCUT2D eigenvalue weighted by molar-refractivity contribution is 5.79. The fourth-order valence-electron chi connectivity index (χ4n) is 3.11. The van der Waals surface area contributed by atoms with E-state index in [9.17, 15) is 4.39 Å². The number of benzene rings is 1. The van der Waals surface area contributed by atoms with E-state index in [1.165, 1.54) is 12.1 Å². The number of aromatic nitrogens is 2. The van der Waals surface area contributed by atoms with Crippen molar-refractivity contribution in [2.24, 2.45) is 4.99 Å². The molecule has 2 N–H and O–H groups in total. The van der Waals surface area contributed by atoms with Crippen molar-refractivity contribution in [2.45, 2.75) is 13.5 Å². The van der Waals surface area contributed by atoms with Gasteiger partial charge >= 0.3 is 0 Å². The van der Waals surface area contributed by atoms with Crippen LogP contribution in [0.5, 0.6) is 0 Å². The summed E-state index contributed by atoms with van der Waals surface area (Å²) in [5.41, 5.74) is 0.858. The maximum Gasteiger partial charge on any atom is 0.225 e. The Balaban J connectivity index is 1.41. The Labute approximate surface area is 165 Å². The van der Waals surface area contributed by atoms with Crippen LogP contribution in [0.3, 0.4) is 0 Å². The van der Waals surface area contributed by atoms with Gasteiger partial charge in [0.05, 0.1) is 6.54 Å². The van der Waals surface area contributed by atoms with Crippen LogP contribution in [0.25, 0.3) is 0 Å². The Morgan fingerprint density at radius 1 is 1.11 bits per heavy atom. The molecule has 7 nitrogen and oxygen atoms in total. The smallest absolute Gasteiger partial charge is 0.225 e. The molecule has 1 saturated heterocycles. The summed E-state index contributed by atoms with van der Waals surface area (Å²) in [6.07, 6.45) is 3.56. The molecule has 1 aromatic carbocycles. The van der Waals surface area contributed by atoms with E-state index in [1.807, 2.05) is 19.1 Å². The molecule has 0 unspecified atom stereocenters. The van der Waals surface area contributed by atoms with Gasteiger partial charge in [-0.15, -0.1) is 0 Å². The molecule has 28 heavy (non-hydrogen) atoms. The lowest BCUT2D eigenvalue weighted by Crippen LogP contribution is -2.49. The maximum absolute atomic E-state index is 13.3. The molecule has 8 heteroatoms. The van der Waals surface area contributed by atoms with Gasteiger partial charge in [-0.3, -0.25) is 4.90 Å². The Morgan fingerprint density at radius 3 is 2.61 bits per heavy atom. The molecule has 2 aromatic rings. The van der Waals surface area contributed by atoms with Crippen molar-refractivity contribution < 1.29 is 4.39 Å². The summed E-state index contributed by atoms with van der Waals surface area (Å²) in [6, 6.07) is 8.39. The Hall–Kier alpha value is -2.74. The van der Waals surface area contributed by atoms with Crippen LogP contribution in [-0.2, 0) is 6.54 Å². The van der Waals surface area contributed by atoms with Gasteiger partial charge in [-0.1, -0.05) is 12.1 Å². The molecule has 1 aliphatic rings. The van der Waals surface area contributed by atoms with Gasteiger partial charge < -0.3 is 15.5 Å². The minimum absolute atomic E-state index is 0.231. The van der Waals surface area contributed by atoms with Crippen molar-refractivity contribution in [3.05, 3.63) is 54.1 Å². The number of piperazine rings is 1. The summed E-state index contributed by atoms with van der Waals surface area (Å²) in [5, 5.41) is 6.60. The largest absolute Gasteiger partial charge is 0.357 e. The van der Waals surface area contributed by atoms with Gasteiger partial charge in [0, 0.05) is 58.2 Å². The van der Waals surface area contributed by atoms with Gasteiger partial charge in [-0.05, 0) is 30.7 Å². The normalized spacial score (nSPS) is 15.5. The second kappa shape index (κ2) is 10.6. The predicted octanol–water partition coefficient (Wildman–Crippen LogP) is 1.49. The lowest BCUT2D eigenvalue weighted by Gasteiger charge is -2.34. The zero-order valence-electron chi connectivity index (χ0n) is 16.3. The molecule has 1 aromatic heterocycles. The van der Waals surface area contributed by atoms with Crippen LogP contribution in [0.15, 0.2) is 47.7 Å². The molecule has 0 aliphatic carbocycles. The number of anilines is 1. The van der Waals surface area contributed by atoms with E-state index in [4.69, 9.17) is 0 Å². The molecule has 0 bridgehead atoms. The van der Waals surface area contributed by atoms with Gasteiger partial charge in [0.2, 0.25) is 5.95 Å². The van der Waals surface area contributed by atoms with Crippen LogP contribution in [0.4, 0.5) is 10.3 Å². The van der Waals surface area contributed by atoms with Gasteiger partial charge in [0.25, 0.3) is 0 Å². The number of halogens is 1. The number of aliphatic imine (C=N–C) groups is 1. The molecular weight excluding hydrogens is 357 g/mol. The van der Waals surface area contributed by atoms with E-state index in [-0.39, 0.29) is 5.82 Å². The highest BCUT2D eigenvalue weighted by Gasteiger charge is 2.18. The summed E-state index contributed by atoms with van der Waals surface area (Å²) in [5.74, 6) is 1.33. The molecule has 0 amide bonds. The van der Waals surface area contributed by atoms with Crippen molar-refractivity contribution in [3.8, 4) is 0 Å². The van der Waals surface area contributed by atoms with E-state index < -0.39 is 0 Å². The molecular formula is C20H28FN7. The van der Waals surface area contributed by atoms with Gasteiger partial charge in [-0.25, -0.2) is 19.4 Å². The van der Waals surface area contributed by atoms with Crippen molar-refractivity contribution in [2.75, 3.05) is 50.7 Å². The first-order valence-electron chi connectivity index (χ1n) is 9.75. The van der Waals surface area contributed by atoms with E-state index in [0.717, 1.165) is 63.3 Å². The van der Waals surface area contributed by atoms with Crippen molar-refractivity contribution >= 4 is 11.9 Å². The molecule has 1 aliphatic heterocycles. The predicted molar refractivity (Wildman–Crippen MR) is 110 cm³/mol. The van der Waals surface area contributed by atoms with Crippen LogP contribution in [0, 0.1) is 5.82 Å². The van der Waals surface area contributed by atoms with Crippen molar-refractivity contribution in [1.82, 2.24) is 25.5 Å². The van der Waals surface area contributed by atoms with Crippen LogP contribution >= 0.6 is 0 Å². The molecule has 0 atom stereocenters. The minimum atomic E-state index is -0.231. The molecule has 0 saturated carbocycles.